The fourth-order valence-corrected chi connectivity index (χ4v) is 2.29. The molecule has 0 bridgehead atoms. The summed E-state index contributed by atoms with van der Waals surface area (Å²) in [5, 5.41) is 3.49. The number of aromatic nitrogens is 1. The van der Waals surface area contributed by atoms with Crippen molar-refractivity contribution in [2.45, 2.75) is 34.2 Å². The van der Waals surface area contributed by atoms with Crippen LogP contribution in [-0.4, -0.2) is 4.98 Å². The van der Waals surface area contributed by atoms with E-state index in [1.165, 1.54) is 22.4 Å². The number of hydrogen-bond donors (Lipinski definition) is 1. The average molecular weight is 240 g/mol. The normalized spacial score (nSPS) is 10.4. The van der Waals surface area contributed by atoms with Gasteiger partial charge in [0.25, 0.3) is 0 Å². The van der Waals surface area contributed by atoms with Crippen LogP contribution >= 0.6 is 0 Å². The van der Waals surface area contributed by atoms with Crippen LogP contribution in [0.3, 0.4) is 0 Å². The Morgan fingerprint density at radius 3 is 2.28 bits per heavy atom. The minimum Gasteiger partial charge on any atom is -0.379 e. The van der Waals surface area contributed by atoms with E-state index >= 15 is 0 Å². The fraction of sp³-hybridized carbons (Fsp3) is 0.312. The van der Waals surface area contributed by atoms with Gasteiger partial charge in [0.05, 0.1) is 12.2 Å². The SMILES string of the molecule is Cc1cc(C)nc(CNc2c(C)cccc2C)c1. The van der Waals surface area contributed by atoms with Crippen molar-refractivity contribution in [3.8, 4) is 0 Å². The Morgan fingerprint density at radius 1 is 1.00 bits per heavy atom. The summed E-state index contributed by atoms with van der Waals surface area (Å²) in [5.74, 6) is 0. The van der Waals surface area contributed by atoms with Gasteiger partial charge in [-0.05, 0) is 56.5 Å². The van der Waals surface area contributed by atoms with Gasteiger partial charge in [0.15, 0.2) is 0 Å². The summed E-state index contributed by atoms with van der Waals surface area (Å²) in [4.78, 5) is 4.55. The molecule has 1 heterocycles. The van der Waals surface area contributed by atoms with Gasteiger partial charge in [-0.25, -0.2) is 0 Å². The molecular formula is C16H20N2. The van der Waals surface area contributed by atoms with Gasteiger partial charge in [-0.1, -0.05) is 18.2 Å². The van der Waals surface area contributed by atoms with Gasteiger partial charge in [0.1, 0.15) is 0 Å². The first kappa shape index (κ1) is 12.6. The number of benzene rings is 1. The lowest BCUT2D eigenvalue weighted by atomic mass is 10.1. The van der Waals surface area contributed by atoms with Gasteiger partial charge in [-0.2, -0.15) is 0 Å². The van der Waals surface area contributed by atoms with Crippen LogP contribution in [0.25, 0.3) is 0 Å². The van der Waals surface area contributed by atoms with Crippen LogP contribution < -0.4 is 5.32 Å². The summed E-state index contributed by atoms with van der Waals surface area (Å²) < 4.78 is 0. The predicted molar refractivity (Wildman–Crippen MR) is 77.0 cm³/mol. The number of nitrogens with zero attached hydrogens (tertiary/aromatic N) is 1. The smallest absolute Gasteiger partial charge is 0.0600 e. The van der Waals surface area contributed by atoms with E-state index < -0.39 is 0 Å². The van der Waals surface area contributed by atoms with E-state index in [9.17, 15) is 0 Å². The van der Waals surface area contributed by atoms with Gasteiger partial charge in [0.2, 0.25) is 0 Å². The van der Waals surface area contributed by atoms with Crippen LogP contribution in [0.4, 0.5) is 5.69 Å². The molecule has 94 valence electrons. The second-order valence-electron chi connectivity index (χ2n) is 4.90. The zero-order valence-electron chi connectivity index (χ0n) is 11.5. The summed E-state index contributed by atoms with van der Waals surface area (Å²) in [6.07, 6.45) is 0. The lowest BCUT2D eigenvalue weighted by molar-refractivity contribution is 1.00. The summed E-state index contributed by atoms with van der Waals surface area (Å²) >= 11 is 0. The summed E-state index contributed by atoms with van der Waals surface area (Å²) in [5.41, 5.74) is 7.21. The van der Waals surface area contributed by atoms with Crippen molar-refractivity contribution in [2.24, 2.45) is 0 Å². The molecule has 0 aliphatic heterocycles. The Morgan fingerprint density at radius 2 is 1.67 bits per heavy atom. The topological polar surface area (TPSA) is 24.9 Å². The predicted octanol–water partition coefficient (Wildman–Crippen LogP) is 3.93. The Bertz CT molecular complexity index is 519. The standard InChI is InChI=1S/C16H20N2/c1-11-8-14(4)18-15(9-11)10-17-16-12(2)6-5-7-13(16)3/h5-9,17H,10H2,1-4H3. The number of rotatable bonds is 3. The highest BCUT2D eigenvalue weighted by molar-refractivity contribution is 5.56. The second-order valence-corrected chi connectivity index (χ2v) is 4.90. The van der Waals surface area contributed by atoms with E-state index in [4.69, 9.17) is 0 Å². The first-order valence-corrected chi connectivity index (χ1v) is 6.30. The summed E-state index contributed by atoms with van der Waals surface area (Å²) in [6.45, 7) is 9.18. The first-order chi connectivity index (χ1) is 8.56. The molecule has 2 aromatic rings. The van der Waals surface area contributed by atoms with Crippen LogP contribution in [0.1, 0.15) is 28.1 Å². The molecule has 18 heavy (non-hydrogen) atoms. The Hall–Kier alpha value is -1.83. The molecule has 0 saturated heterocycles. The van der Waals surface area contributed by atoms with Crippen molar-refractivity contribution in [1.82, 2.24) is 4.98 Å². The molecule has 0 unspecified atom stereocenters. The number of aryl methyl sites for hydroxylation is 4. The van der Waals surface area contributed by atoms with Crippen molar-refractivity contribution < 1.29 is 0 Å². The van der Waals surface area contributed by atoms with Gasteiger partial charge >= 0.3 is 0 Å². The van der Waals surface area contributed by atoms with Crippen LogP contribution in [0, 0.1) is 27.7 Å². The minimum atomic E-state index is 0.772. The van der Waals surface area contributed by atoms with E-state index in [1.807, 2.05) is 6.92 Å². The minimum absolute atomic E-state index is 0.772. The Labute approximate surface area is 109 Å². The fourth-order valence-electron chi connectivity index (χ4n) is 2.29. The second kappa shape index (κ2) is 5.21. The molecule has 1 aromatic heterocycles. The maximum absolute atomic E-state index is 4.55. The molecule has 1 N–H and O–H groups in total. The third-order valence-corrected chi connectivity index (χ3v) is 3.08. The molecule has 0 aliphatic carbocycles. The van der Waals surface area contributed by atoms with Crippen molar-refractivity contribution in [3.05, 3.63) is 58.4 Å². The number of para-hydroxylation sites is 1. The molecule has 0 fully saturated rings. The maximum Gasteiger partial charge on any atom is 0.0600 e. The molecule has 2 nitrogen and oxygen atoms in total. The first-order valence-electron chi connectivity index (χ1n) is 6.30. The lowest BCUT2D eigenvalue weighted by Gasteiger charge is -2.12. The van der Waals surface area contributed by atoms with Gasteiger partial charge in [0, 0.05) is 11.4 Å². The highest BCUT2D eigenvalue weighted by Gasteiger charge is 2.03. The van der Waals surface area contributed by atoms with Crippen molar-refractivity contribution in [1.29, 1.82) is 0 Å². The third-order valence-electron chi connectivity index (χ3n) is 3.08. The molecule has 0 aliphatic rings. The largest absolute Gasteiger partial charge is 0.379 e. The van der Waals surface area contributed by atoms with Crippen LogP contribution in [-0.2, 0) is 6.54 Å². The Kier molecular flexibility index (Phi) is 3.66. The molecule has 0 atom stereocenters. The molecule has 0 saturated carbocycles. The molecule has 2 heteroatoms. The van der Waals surface area contributed by atoms with E-state index in [1.54, 1.807) is 0 Å². The van der Waals surface area contributed by atoms with Crippen molar-refractivity contribution in [3.63, 3.8) is 0 Å². The van der Waals surface area contributed by atoms with E-state index in [0.29, 0.717) is 0 Å². The number of nitrogens with one attached hydrogen (secondary N) is 1. The summed E-state index contributed by atoms with van der Waals surface area (Å²) in [6, 6.07) is 10.6. The van der Waals surface area contributed by atoms with Crippen LogP contribution in [0.15, 0.2) is 30.3 Å². The van der Waals surface area contributed by atoms with Crippen molar-refractivity contribution in [2.75, 3.05) is 5.32 Å². The Balaban J connectivity index is 2.16. The third kappa shape index (κ3) is 2.89. The van der Waals surface area contributed by atoms with Crippen LogP contribution in [0.5, 0.6) is 0 Å². The zero-order chi connectivity index (χ0) is 13.1. The monoisotopic (exact) mass is 240 g/mol. The van der Waals surface area contributed by atoms with Crippen LogP contribution in [0.2, 0.25) is 0 Å². The molecule has 1 aromatic carbocycles. The highest BCUT2D eigenvalue weighted by Crippen LogP contribution is 2.20. The number of pyridine rings is 1. The lowest BCUT2D eigenvalue weighted by Crippen LogP contribution is -2.05. The van der Waals surface area contributed by atoms with E-state index in [-0.39, 0.29) is 0 Å². The van der Waals surface area contributed by atoms with E-state index in [0.717, 1.165) is 17.9 Å². The highest BCUT2D eigenvalue weighted by atomic mass is 14.9. The van der Waals surface area contributed by atoms with Crippen molar-refractivity contribution >= 4 is 5.69 Å². The number of anilines is 1. The average Bonchev–Trinajstić information content (AvgIpc) is 2.27. The van der Waals surface area contributed by atoms with Gasteiger partial charge < -0.3 is 5.32 Å². The molecule has 0 amide bonds. The molecule has 0 radical (unpaired) electrons. The molecular weight excluding hydrogens is 220 g/mol. The number of hydrogen-bond acceptors (Lipinski definition) is 2. The molecule has 0 spiro atoms. The van der Waals surface area contributed by atoms with Gasteiger partial charge in [-0.15, -0.1) is 0 Å². The maximum atomic E-state index is 4.55. The molecule has 2 rings (SSSR count). The van der Waals surface area contributed by atoms with Gasteiger partial charge in [-0.3, -0.25) is 4.98 Å². The van der Waals surface area contributed by atoms with E-state index in [2.05, 4.69) is 61.4 Å². The quantitative estimate of drug-likeness (QED) is 0.879. The zero-order valence-corrected chi connectivity index (χ0v) is 11.5. The summed E-state index contributed by atoms with van der Waals surface area (Å²) in [7, 11) is 0.